The van der Waals surface area contributed by atoms with E-state index in [2.05, 4.69) is 36.2 Å². The standard InChI is InChI=1S/C14H11BrClN3O4S/c1-22-11(20)5-10-13(21)18-14(24-10)19-17-6-7-3-8(16)4-9(15)12(7)23-2/h3-6H,1-2H3,(H,18,19,21)/b10-5+,17-6?. The Labute approximate surface area is 155 Å². The van der Waals surface area contributed by atoms with Crippen molar-refractivity contribution in [2.75, 3.05) is 14.2 Å². The van der Waals surface area contributed by atoms with Crippen molar-refractivity contribution in [3.63, 3.8) is 0 Å². The van der Waals surface area contributed by atoms with Crippen LogP contribution in [-0.2, 0) is 14.3 Å². The number of esters is 1. The van der Waals surface area contributed by atoms with E-state index in [1.54, 1.807) is 12.1 Å². The van der Waals surface area contributed by atoms with E-state index in [1.165, 1.54) is 20.4 Å². The molecule has 126 valence electrons. The molecule has 10 heteroatoms. The molecule has 1 aliphatic rings. The number of nitrogens with one attached hydrogen (secondary N) is 1. The third-order valence-corrected chi connectivity index (χ3v) is 4.40. The highest BCUT2D eigenvalue weighted by molar-refractivity contribution is 9.10. The van der Waals surface area contributed by atoms with Crippen LogP contribution in [0.1, 0.15) is 5.56 Å². The largest absolute Gasteiger partial charge is 0.495 e. The van der Waals surface area contributed by atoms with Gasteiger partial charge in [-0.25, -0.2) is 4.79 Å². The molecular weight excluding hydrogens is 422 g/mol. The average molecular weight is 433 g/mol. The number of amidine groups is 1. The first-order valence-electron chi connectivity index (χ1n) is 6.37. The van der Waals surface area contributed by atoms with E-state index in [0.29, 0.717) is 20.8 Å². The molecule has 0 bridgehead atoms. The summed E-state index contributed by atoms with van der Waals surface area (Å²) in [6.07, 6.45) is 2.53. The summed E-state index contributed by atoms with van der Waals surface area (Å²) in [5, 5.41) is 11.0. The lowest BCUT2D eigenvalue weighted by molar-refractivity contribution is -0.135. The van der Waals surface area contributed by atoms with Gasteiger partial charge in [0.15, 0.2) is 5.17 Å². The van der Waals surface area contributed by atoms with Crippen molar-refractivity contribution in [3.8, 4) is 5.75 Å². The average Bonchev–Trinajstić information content (AvgIpc) is 2.86. The molecule has 0 unspecified atom stereocenters. The molecular formula is C14H11BrClN3O4S. The maximum absolute atomic E-state index is 11.7. The predicted octanol–water partition coefficient (Wildman–Crippen LogP) is 2.72. The van der Waals surface area contributed by atoms with Gasteiger partial charge in [-0.15, -0.1) is 5.10 Å². The van der Waals surface area contributed by atoms with Crippen molar-refractivity contribution in [1.82, 2.24) is 5.32 Å². The van der Waals surface area contributed by atoms with Gasteiger partial charge in [0, 0.05) is 16.7 Å². The molecule has 0 spiro atoms. The van der Waals surface area contributed by atoms with Crippen molar-refractivity contribution in [3.05, 3.63) is 38.2 Å². The Balaban J connectivity index is 2.18. The SMILES string of the molecule is COC(=O)/C=C1/S/C(=N\N=Cc2cc(Cl)cc(Br)c2OC)NC1=O. The summed E-state index contributed by atoms with van der Waals surface area (Å²) in [5.41, 5.74) is 0.612. The molecule has 0 saturated carbocycles. The number of methoxy groups -OCH3 is 2. The number of amides is 1. The molecule has 1 fully saturated rings. The molecule has 0 aliphatic carbocycles. The molecule has 0 atom stereocenters. The number of thioether (sulfide) groups is 1. The minimum atomic E-state index is -0.620. The minimum absolute atomic E-state index is 0.180. The quantitative estimate of drug-likeness (QED) is 0.342. The number of nitrogens with zero attached hydrogens (tertiary/aromatic N) is 2. The van der Waals surface area contributed by atoms with Crippen LogP contribution in [0.15, 0.2) is 37.8 Å². The van der Waals surface area contributed by atoms with Crippen molar-refractivity contribution in [2.45, 2.75) is 0 Å². The van der Waals surface area contributed by atoms with E-state index in [9.17, 15) is 9.59 Å². The van der Waals surface area contributed by atoms with Crippen LogP contribution in [0.3, 0.4) is 0 Å². The second-order valence-electron chi connectivity index (χ2n) is 4.25. The molecule has 1 saturated heterocycles. The summed E-state index contributed by atoms with van der Waals surface area (Å²) in [4.78, 5) is 23.0. The highest BCUT2D eigenvalue weighted by atomic mass is 79.9. The van der Waals surface area contributed by atoms with Crippen LogP contribution >= 0.6 is 39.3 Å². The maximum Gasteiger partial charge on any atom is 0.331 e. The normalized spacial score (nSPS) is 17.6. The van der Waals surface area contributed by atoms with Gasteiger partial charge >= 0.3 is 5.97 Å². The highest BCUT2D eigenvalue weighted by Gasteiger charge is 2.25. The van der Waals surface area contributed by atoms with Gasteiger partial charge in [0.1, 0.15) is 5.75 Å². The van der Waals surface area contributed by atoms with Crippen LogP contribution in [-0.4, -0.2) is 37.5 Å². The summed E-state index contributed by atoms with van der Waals surface area (Å²) in [6.45, 7) is 0. The van der Waals surface area contributed by atoms with Gasteiger partial charge in [0.05, 0.1) is 29.8 Å². The number of hydrogen-bond donors (Lipinski definition) is 1. The summed E-state index contributed by atoms with van der Waals surface area (Å²) in [6, 6.07) is 3.36. The first-order valence-corrected chi connectivity index (χ1v) is 8.36. The second kappa shape index (κ2) is 8.32. The highest BCUT2D eigenvalue weighted by Crippen LogP contribution is 2.31. The zero-order chi connectivity index (χ0) is 17.7. The lowest BCUT2D eigenvalue weighted by atomic mass is 10.2. The van der Waals surface area contributed by atoms with Crippen LogP contribution < -0.4 is 10.1 Å². The van der Waals surface area contributed by atoms with Gasteiger partial charge in [-0.2, -0.15) is 5.10 Å². The topological polar surface area (TPSA) is 89.3 Å². The number of halogens is 2. The number of rotatable bonds is 4. The summed E-state index contributed by atoms with van der Waals surface area (Å²) in [5.74, 6) is -0.508. The Bertz CT molecular complexity index is 780. The molecule has 0 radical (unpaired) electrons. The third-order valence-electron chi connectivity index (χ3n) is 2.69. The van der Waals surface area contributed by atoms with E-state index in [0.717, 1.165) is 17.8 Å². The third kappa shape index (κ3) is 4.59. The number of hydrogen-bond acceptors (Lipinski definition) is 7. The molecule has 2 rings (SSSR count). The first-order chi connectivity index (χ1) is 11.4. The van der Waals surface area contributed by atoms with E-state index in [1.807, 2.05) is 0 Å². The lowest BCUT2D eigenvalue weighted by Crippen LogP contribution is -2.19. The molecule has 0 aromatic heterocycles. The van der Waals surface area contributed by atoms with Crippen LogP contribution in [0.25, 0.3) is 0 Å². The fraction of sp³-hybridized carbons (Fsp3) is 0.143. The maximum atomic E-state index is 11.7. The monoisotopic (exact) mass is 431 g/mol. The van der Waals surface area contributed by atoms with Crippen molar-refractivity contribution >= 4 is 62.6 Å². The first kappa shape index (κ1) is 18.5. The van der Waals surface area contributed by atoms with Gasteiger partial charge in [-0.1, -0.05) is 11.6 Å². The molecule has 7 nitrogen and oxygen atoms in total. The van der Waals surface area contributed by atoms with E-state index in [4.69, 9.17) is 16.3 Å². The van der Waals surface area contributed by atoms with Gasteiger partial charge < -0.3 is 9.47 Å². The van der Waals surface area contributed by atoms with E-state index in [-0.39, 0.29) is 10.1 Å². The molecule has 1 N–H and O–H groups in total. The summed E-state index contributed by atoms with van der Waals surface area (Å²) < 4.78 is 10.4. The molecule has 1 heterocycles. The molecule has 1 aromatic carbocycles. The van der Waals surface area contributed by atoms with Gasteiger partial charge in [-0.05, 0) is 39.8 Å². The van der Waals surface area contributed by atoms with Crippen molar-refractivity contribution in [2.24, 2.45) is 10.2 Å². The lowest BCUT2D eigenvalue weighted by Gasteiger charge is -2.07. The van der Waals surface area contributed by atoms with Gasteiger partial charge in [0.25, 0.3) is 5.91 Å². The van der Waals surface area contributed by atoms with Crippen LogP contribution in [0.4, 0.5) is 0 Å². The summed E-state index contributed by atoms with van der Waals surface area (Å²) in [7, 11) is 2.75. The second-order valence-corrected chi connectivity index (χ2v) is 6.57. The van der Waals surface area contributed by atoms with Crippen molar-refractivity contribution in [1.29, 1.82) is 0 Å². The Morgan fingerprint density at radius 1 is 1.42 bits per heavy atom. The molecule has 1 aliphatic heterocycles. The number of carbonyl (C=O) groups excluding carboxylic acids is 2. The number of ether oxygens (including phenoxy) is 2. The Morgan fingerprint density at radius 2 is 2.17 bits per heavy atom. The minimum Gasteiger partial charge on any atom is -0.495 e. The fourth-order valence-corrected chi connectivity index (χ4v) is 3.41. The van der Waals surface area contributed by atoms with E-state index < -0.39 is 11.9 Å². The van der Waals surface area contributed by atoms with E-state index >= 15 is 0 Å². The van der Waals surface area contributed by atoms with Gasteiger partial charge in [-0.3, -0.25) is 10.1 Å². The zero-order valence-electron chi connectivity index (χ0n) is 12.5. The predicted molar refractivity (Wildman–Crippen MR) is 96.6 cm³/mol. The molecule has 1 aromatic rings. The van der Waals surface area contributed by atoms with Crippen molar-refractivity contribution < 1.29 is 19.1 Å². The zero-order valence-corrected chi connectivity index (χ0v) is 15.7. The molecule has 1 amide bonds. The van der Waals surface area contributed by atoms with Crippen LogP contribution in [0.5, 0.6) is 5.75 Å². The van der Waals surface area contributed by atoms with Crippen LogP contribution in [0.2, 0.25) is 5.02 Å². The molecule has 24 heavy (non-hydrogen) atoms. The fourth-order valence-electron chi connectivity index (χ4n) is 1.68. The number of carbonyl (C=O) groups is 2. The van der Waals surface area contributed by atoms with Crippen LogP contribution in [0, 0.1) is 0 Å². The summed E-state index contributed by atoms with van der Waals surface area (Å²) >= 11 is 10.3. The van der Waals surface area contributed by atoms with Gasteiger partial charge in [0.2, 0.25) is 0 Å². The smallest absolute Gasteiger partial charge is 0.331 e. The number of benzene rings is 1. The Kier molecular flexibility index (Phi) is 6.41. The Hall–Kier alpha value is -1.84. The Morgan fingerprint density at radius 3 is 2.83 bits per heavy atom.